The number of esters is 2. The summed E-state index contributed by atoms with van der Waals surface area (Å²) < 4.78 is 11.0. The summed E-state index contributed by atoms with van der Waals surface area (Å²) in [7, 11) is 1.54. The smallest absolute Gasteiger partial charge is 0.308 e. The third-order valence-electron chi connectivity index (χ3n) is 7.22. The van der Waals surface area contributed by atoms with E-state index in [4.69, 9.17) is 14.3 Å². The highest BCUT2D eigenvalue weighted by molar-refractivity contribution is 5.93. The van der Waals surface area contributed by atoms with E-state index in [2.05, 4.69) is 18.1 Å². The number of benzene rings is 1. The van der Waals surface area contributed by atoms with E-state index in [0.717, 1.165) is 37.8 Å². The molecule has 1 aromatic rings. The van der Waals surface area contributed by atoms with Crippen molar-refractivity contribution in [3.05, 3.63) is 29.3 Å². The number of nitrogens with zero attached hydrogens (tertiary/aromatic N) is 1. The van der Waals surface area contributed by atoms with Gasteiger partial charge in [-0.25, -0.2) is 0 Å². The molecule has 0 radical (unpaired) electrons. The zero-order chi connectivity index (χ0) is 20.8. The van der Waals surface area contributed by atoms with Gasteiger partial charge >= 0.3 is 11.9 Å². The van der Waals surface area contributed by atoms with Crippen molar-refractivity contribution in [2.75, 3.05) is 7.11 Å². The van der Waals surface area contributed by atoms with Crippen LogP contribution in [-0.2, 0) is 25.6 Å². The summed E-state index contributed by atoms with van der Waals surface area (Å²) in [5, 5.41) is 4.24. The van der Waals surface area contributed by atoms with Gasteiger partial charge in [-0.1, -0.05) is 18.1 Å². The number of hydrogen-bond acceptors (Lipinski definition) is 6. The second-order valence-electron chi connectivity index (χ2n) is 8.87. The number of oxime groups is 1. The summed E-state index contributed by atoms with van der Waals surface area (Å²) in [6.45, 7) is 5.14. The van der Waals surface area contributed by atoms with Crippen molar-refractivity contribution >= 4 is 17.7 Å². The molecule has 0 N–H and O–H groups in total. The second kappa shape index (κ2) is 7.47. The molecule has 4 rings (SSSR count). The molecule has 2 fully saturated rings. The summed E-state index contributed by atoms with van der Waals surface area (Å²) in [6.07, 6.45) is 4.57. The highest BCUT2D eigenvalue weighted by atomic mass is 16.6. The molecule has 0 heterocycles. The first-order chi connectivity index (χ1) is 13.8. The van der Waals surface area contributed by atoms with Gasteiger partial charge in [0.05, 0.1) is 5.71 Å². The van der Waals surface area contributed by atoms with Gasteiger partial charge in [0, 0.05) is 19.3 Å². The first-order valence-electron chi connectivity index (χ1n) is 10.4. The molecule has 156 valence electrons. The molecule has 0 saturated heterocycles. The first-order valence-corrected chi connectivity index (χ1v) is 10.4. The monoisotopic (exact) mass is 399 g/mol. The Kier molecular flexibility index (Phi) is 5.13. The molecule has 3 aliphatic rings. The molecular formula is C23H29NO5. The van der Waals surface area contributed by atoms with Crippen LogP contribution in [0.2, 0.25) is 0 Å². The maximum absolute atomic E-state index is 11.8. The van der Waals surface area contributed by atoms with Crippen LogP contribution in [0, 0.1) is 17.3 Å². The van der Waals surface area contributed by atoms with Crippen molar-refractivity contribution in [3.63, 3.8) is 0 Å². The van der Waals surface area contributed by atoms with Crippen LogP contribution >= 0.6 is 0 Å². The SMILES string of the molecule is CO/N=C1/C[C@H]2[C@@H]3CCc4cc(OC(C)=O)ccc4[C@H]3CC[C@]2(C)[C@H]1OC(C)=O. The van der Waals surface area contributed by atoms with Crippen LogP contribution < -0.4 is 4.74 Å². The molecule has 0 unspecified atom stereocenters. The number of carbonyl (C=O) groups excluding carboxylic acids is 2. The van der Waals surface area contributed by atoms with E-state index in [9.17, 15) is 9.59 Å². The lowest BCUT2D eigenvalue weighted by molar-refractivity contribution is -0.151. The van der Waals surface area contributed by atoms with Gasteiger partial charge in [0.15, 0.2) is 0 Å². The summed E-state index contributed by atoms with van der Waals surface area (Å²) in [6, 6.07) is 6.06. The zero-order valence-corrected chi connectivity index (χ0v) is 17.6. The Bertz CT molecular complexity index is 863. The highest BCUT2D eigenvalue weighted by Crippen LogP contribution is 2.61. The van der Waals surface area contributed by atoms with Crippen molar-refractivity contribution in [1.29, 1.82) is 0 Å². The van der Waals surface area contributed by atoms with Gasteiger partial charge in [-0.3, -0.25) is 9.59 Å². The summed E-state index contributed by atoms with van der Waals surface area (Å²) >= 11 is 0. The molecule has 5 atom stereocenters. The fraction of sp³-hybridized carbons (Fsp3) is 0.609. The zero-order valence-electron chi connectivity index (χ0n) is 17.6. The molecule has 0 amide bonds. The first kappa shape index (κ1) is 19.9. The standard InChI is InChI=1S/C23H29NO5/c1-13(25)28-16-6-8-17-15(11-16)5-7-19-18(17)9-10-23(3)20(19)12-21(24-27-4)22(23)29-14(2)26/h6,8,11,18-20,22H,5,7,9-10,12H2,1-4H3/b24-21-/t18-,19-,20+,22+,23+/m1/s1. The minimum absolute atomic E-state index is 0.112. The van der Waals surface area contributed by atoms with Gasteiger partial charge in [-0.2, -0.15) is 0 Å². The second-order valence-corrected chi connectivity index (χ2v) is 8.87. The van der Waals surface area contributed by atoms with E-state index in [1.165, 1.54) is 25.0 Å². The summed E-state index contributed by atoms with van der Waals surface area (Å²) in [5.74, 6) is 1.46. The molecule has 1 aromatic carbocycles. The Labute approximate surface area is 171 Å². The van der Waals surface area contributed by atoms with Crippen LogP contribution in [-0.4, -0.2) is 30.9 Å². The van der Waals surface area contributed by atoms with Gasteiger partial charge in [-0.05, 0) is 73.1 Å². The average Bonchev–Trinajstić information content (AvgIpc) is 2.93. The van der Waals surface area contributed by atoms with E-state index >= 15 is 0 Å². The lowest BCUT2D eigenvalue weighted by Gasteiger charge is -2.50. The van der Waals surface area contributed by atoms with Crippen LogP contribution in [0.1, 0.15) is 63.5 Å². The topological polar surface area (TPSA) is 74.2 Å². The van der Waals surface area contributed by atoms with Gasteiger partial charge in [0.2, 0.25) is 0 Å². The number of rotatable bonds is 3. The van der Waals surface area contributed by atoms with Crippen LogP contribution in [0.25, 0.3) is 0 Å². The number of ether oxygens (including phenoxy) is 2. The quantitative estimate of drug-likeness (QED) is 0.436. The number of aryl methyl sites for hydroxylation is 1. The molecule has 0 aliphatic heterocycles. The predicted molar refractivity (Wildman–Crippen MR) is 108 cm³/mol. The fourth-order valence-corrected chi connectivity index (χ4v) is 6.13. The van der Waals surface area contributed by atoms with Crippen LogP contribution in [0.5, 0.6) is 5.75 Å². The molecule has 6 heteroatoms. The number of hydrogen-bond donors (Lipinski definition) is 0. The normalized spacial score (nSPS) is 34.0. The van der Waals surface area contributed by atoms with Gasteiger partial charge in [0.1, 0.15) is 19.0 Å². The predicted octanol–water partition coefficient (Wildman–Crippen LogP) is 4.01. The minimum Gasteiger partial charge on any atom is -0.456 e. The van der Waals surface area contributed by atoms with Crippen molar-refractivity contribution in [2.24, 2.45) is 22.4 Å². The lowest BCUT2D eigenvalue weighted by atomic mass is 9.55. The molecule has 0 aromatic heterocycles. The van der Waals surface area contributed by atoms with E-state index in [-0.39, 0.29) is 23.5 Å². The lowest BCUT2D eigenvalue weighted by Crippen LogP contribution is -2.46. The minimum atomic E-state index is -0.307. The summed E-state index contributed by atoms with van der Waals surface area (Å²) in [5.41, 5.74) is 3.40. The fourth-order valence-electron chi connectivity index (χ4n) is 6.13. The third kappa shape index (κ3) is 3.43. The van der Waals surface area contributed by atoms with Crippen LogP contribution in [0.3, 0.4) is 0 Å². The molecule has 0 spiro atoms. The van der Waals surface area contributed by atoms with E-state index in [1.807, 2.05) is 12.1 Å². The highest BCUT2D eigenvalue weighted by Gasteiger charge is 2.59. The maximum Gasteiger partial charge on any atom is 0.308 e. The van der Waals surface area contributed by atoms with E-state index < -0.39 is 0 Å². The van der Waals surface area contributed by atoms with Crippen LogP contribution in [0.15, 0.2) is 23.4 Å². The van der Waals surface area contributed by atoms with Crippen molar-refractivity contribution < 1.29 is 23.9 Å². The summed E-state index contributed by atoms with van der Waals surface area (Å²) in [4.78, 5) is 28.1. The molecule has 3 aliphatic carbocycles. The average molecular weight is 399 g/mol. The van der Waals surface area contributed by atoms with Gasteiger partial charge < -0.3 is 14.3 Å². The van der Waals surface area contributed by atoms with Crippen LogP contribution in [0.4, 0.5) is 0 Å². The molecule has 2 saturated carbocycles. The Morgan fingerprint density at radius 3 is 2.66 bits per heavy atom. The molecule has 29 heavy (non-hydrogen) atoms. The Hall–Kier alpha value is -2.37. The van der Waals surface area contributed by atoms with Crippen molar-refractivity contribution in [1.82, 2.24) is 0 Å². The largest absolute Gasteiger partial charge is 0.456 e. The number of fused-ring (bicyclic) bond motifs is 5. The maximum atomic E-state index is 11.8. The van der Waals surface area contributed by atoms with E-state index in [1.54, 1.807) is 7.11 Å². The molecule has 6 nitrogen and oxygen atoms in total. The Morgan fingerprint density at radius 2 is 1.97 bits per heavy atom. The van der Waals surface area contributed by atoms with Crippen molar-refractivity contribution in [2.45, 2.75) is 64.9 Å². The van der Waals surface area contributed by atoms with Gasteiger partial charge in [0.25, 0.3) is 0 Å². The van der Waals surface area contributed by atoms with E-state index in [0.29, 0.717) is 23.5 Å². The third-order valence-corrected chi connectivity index (χ3v) is 7.22. The molecule has 0 bridgehead atoms. The molecular weight excluding hydrogens is 370 g/mol. The van der Waals surface area contributed by atoms with Gasteiger partial charge in [-0.15, -0.1) is 0 Å². The Morgan fingerprint density at radius 1 is 1.17 bits per heavy atom. The number of carbonyl (C=O) groups is 2. The van der Waals surface area contributed by atoms with Crippen molar-refractivity contribution in [3.8, 4) is 5.75 Å². The Balaban J connectivity index is 1.64.